The van der Waals surface area contributed by atoms with Gasteiger partial charge in [-0.1, -0.05) is 24.3 Å². The van der Waals surface area contributed by atoms with Gasteiger partial charge in [-0.3, -0.25) is 0 Å². The molecule has 0 fully saturated rings. The summed E-state index contributed by atoms with van der Waals surface area (Å²) in [7, 11) is 0. The van der Waals surface area contributed by atoms with Crippen LogP contribution in [0.15, 0.2) is 59.3 Å². The molecule has 0 bridgehead atoms. The number of hydrogen-bond donors (Lipinski definition) is 1. The molecule has 0 aliphatic carbocycles. The van der Waals surface area contributed by atoms with Gasteiger partial charge in [-0.05, 0) is 29.8 Å². The zero-order chi connectivity index (χ0) is 17.4. The normalized spacial score (nSPS) is 12.0. The maximum Gasteiger partial charge on any atom is 0.416 e. The number of hydrogen-bond acceptors (Lipinski definition) is 4. The van der Waals surface area contributed by atoms with Crippen molar-refractivity contribution in [1.29, 1.82) is 0 Å². The zero-order valence-electron chi connectivity index (χ0n) is 12.8. The van der Waals surface area contributed by atoms with Crippen molar-refractivity contribution in [2.24, 2.45) is 0 Å². The summed E-state index contributed by atoms with van der Waals surface area (Å²) < 4.78 is 44.2. The average molecular weight is 343 g/mol. The highest BCUT2D eigenvalue weighted by molar-refractivity contribution is 6.05. The van der Waals surface area contributed by atoms with E-state index in [0.29, 0.717) is 28.1 Å². The minimum absolute atomic E-state index is 0.188. The fraction of sp³-hybridized carbons (Fsp3) is 0.111. The molecule has 25 heavy (non-hydrogen) atoms. The number of fused-ring (bicyclic) bond motifs is 3. The molecule has 0 radical (unpaired) electrons. The molecule has 4 rings (SSSR count). The molecule has 0 unspecified atom stereocenters. The smallest absolute Gasteiger partial charge is 0.416 e. The first kappa shape index (κ1) is 15.4. The van der Waals surface area contributed by atoms with Crippen LogP contribution in [-0.2, 0) is 12.7 Å². The fourth-order valence-electron chi connectivity index (χ4n) is 2.69. The number of halogens is 3. The number of nitrogens with one attached hydrogen (secondary N) is 1. The fourth-order valence-corrected chi connectivity index (χ4v) is 2.69. The van der Waals surface area contributed by atoms with Crippen LogP contribution >= 0.6 is 0 Å². The van der Waals surface area contributed by atoms with E-state index in [9.17, 15) is 13.2 Å². The van der Waals surface area contributed by atoms with E-state index in [-0.39, 0.29) is 6.54 Å². The van der Waals surface area contributed by atoms with Gasteiger partial charge in [0.05, 0.1) is 5.56 Å². The highest BCUT2D eigenvalue weighted by Gasteiger charge is 2.30. The maximum absolute atomic E-state index is 12.8. The lowest BCUT2D eigenvalue weighted by Gasteiger charge is -2.10. The minimum atomic E-state index is -4.36. The summed E-state index contributed by atoms with van der Waals surface area (Å²) >= 11 is 0. The second kappa shape index (κ2) is 5.77. The first-order valence-corrected chi connectivity index (χ1v) is 7.54. The molecule has 7 heteroatoms. The first-order chi connectivity index (χ1) is 12.0. The van der Waals surface area contributed by atoms with Crippen molar-refractivity contribution < 1.29 is 17.6 Å². The molecule has 0 amide bonds. The predicted molar refractivity (Wildman–Crippen MR) is 88.1 cm³/mol. The first-order valence-electron chi connectivity index (χ1n) is 7.54. The Morgan fingerprint density at radius 3 is 2.68 bits per heavy atom. The standard InChI is InChI=1S/C18H12F3N3O/c19-18(20,21)12-5-3-4-11(8-12)9-22-17-16-15(23-10-24-17)13-6-1-2-7-14(13)25-16/h1-8,10H,9H2,(H,22,23,24). The number of furan rings is 1. The number of benzene rings is 2. The molecular weight excluding hydrogens is 331 g/mol. The zero-order valence-corrected chi connectivity index (χ0v) is 12.8. The van der Waals surface area contributed by atoms with Gasteiger partial charge in [-0.25, -0.2) is 9.97 Å². The average Bonchev–Trinajstić information content (AvgIpc) is 2.99. The Labute approximate surface area is 140 Å². The van der Waals surface area contributed by atoms with E-state index < -0.39 is 11.7 Å². The van der Waals surface area contributed by atoms with E-state index >= 15 is 0 Å². The Hall–Kier alpha value is -3.09. The predicted octanol–water partition coefficient (Wildman–Crippen LogP) is 5.01. The Morgan fingerprint density at radius 2 is 1.84 bits per heavy atom. The van der Waals surface area contributed by atoms with Gasteiger partial charge in [-0.15, -0.1) is 0 Å². The third-order valence-electron chi connectivity index (χ3n) is 3.87. The molecule has 0 aliphatic rings. The van der Waals surface area contributed by atoms with Crippen molar-refractivity contribution in [1.82, 2.24) is 9.97 Å². The van der Waals surface area contributed by atoms with Gasteiger partial charge < -0.3 is 9.73 Å². The van der Waals surface area contributed by atoms with Gasteiger partial charge in [0.1, 0.15) is 17.4 Å². The molecule has 1 N–H and O–H groups in total. The van der Waals surface area contributed by atoms with Gasteiger partial charge in [-0.2, -0.15) is 13.2 Å². The molecule has 2 aromatic carbocycles. The van der Waals surface area contributed by atoms with Crippen molar-refractivity contribution in [2.45, 2.75) is 12.7 Å². The van der Waals surface area contributed by atoms with Gasteiger partial charge in [0.2, 0.25) is 0 Å². The molecule has 126 valence electrons. The molecule has 0 saturated carbocycles. The maximum atomic E-state index is 12.8. The Balaban J connectivity index is 1.66. The van der Waals surface area contributed by atoms with Gasteiger partial charge in [0.15, 0.2) is 11.4 Å². The van der Waals surface area contributed by atoms with E-state index in [4.69, 9.17) is 4.42 Å². The highest BCUT2D eigenvalue weighted by Crippen LogP contribution is 2.31. The topological polar surface area (TPSA) is 51.0 Å². The summed E-state index contributed by atoms with van der Waals surface area (Å²) in [4.78, 5) is 8.39. The van der Waals surface area contributed by atoms with E-state index in [0.717, 1.165) is 17.5 Å². The van der Waals surface area contributed by atoms with Crippen LogP contribution in [0.1, 0.15) is 11.1 Å². The van der Waals surface area contributed by atoms with Crippen LogP contribution in [0.3, 0.4) is 0 Å². The van der Waals surface area contributed by atoms with Crippen molar-refractivity contribution in [3.63, 3.8) is 0 Å². The number of nitrogens with zero attached hydrogens (tertiary/aromatic N) is 2. The molecule has 0 saturated heterocycles. The van der Waals surface area contributed by atoms with Crippen molar-refractivity contribution >= 4 is 27.9 Å². The minimum Gasteiger partial charge on any atom is -0.450 e. The van der Waals surface area contributed by atoms with Crippen molar-refractivity contribution in [2.75, 3.05) is 5.32 Å². The summed E-state index contributed by atoms with van der Waals surface area (Å²) in [5.74, 6) is 0.443. The largest absolute Gasteiger partial charge is 0.450 e. The lowest BCUT2D eigenvalue weighted by atomic mass is 10.1. The molecule has 0 aliphatic heterocycles. The number of aromatic nitrogens is 2. The molecule has 0 atom stereocenters. The SMILES string of the molecule is FC(F)(F)c1cccc(CNc2ncnc3c2oc2ccccc23)c1. The number of anilines is 1. The van der Waals surface area contributed by atoms with Crippen LogP contribution in [0, 0.1) is 0 Å². The summed E-state index contributed by atoms with van der Waals surface area (Å²) in [6.45, 7) is 0.188. The molecular formula is C18H12F3N3O. The van der Waals surface area contributed by atoms with Crippen LogP contribution in [-0.4, -0.2) is 9.97 Å². The van der Waals surface area contributed by atoms with Crippen LogP contribution in [0.5, 0.6) is 0 Å². The highest BCUT2D eigenvalue weighted by atomic mass is 19.4. The molecule has 2 heterocycles. The van der Waals surface area contributed by atoms with Crippen LogP contribution in [0.2, 0.25) is 0 Å². The third kappa shape index (κ3) is 2.88. The summed E-state index contributed by atoms with van der Waals surface area (Å²) in [5, 5.41) is 3.89. The Morgan fingerprint density at radius 1 is 1.00 bits per heavy atom. The third-order valence-corrected chi connectivity index (χ3v) is 3.87. The van der Waals surface area contributed by atoms with E-state index in [1.54, 1.807) is 6.07 Å². The van der Waals surface area contributed by atoms with E-state index in [2.05, 4.69) is 15.3 Å². The lowest BCUT2D eigenvalue weighted by Crippen LogP contribution is -2.07. The number of para-hydroxylation sites is 1. The quantitative estimate of drug-likeness (QED) is 0.568. The van der Waals surface area contributed by atoms with Crippen LogP contribution < -0.4 is 5.32 Å². The Kier molecular flexibility index (Phi) is 3.56. The van der Waals surface area contributed by atoms with E-state index in [1.165, 1.54) is 12.4 Å². The monoisotopic (exact) mass is 343 g/mol. The van der Waals surface area contributed by atoms with Crippen molar-refractivity contribution in [3.8, 4) is 0 Å². The number of alkyl halides is 3. The molecule has 2 aromatic heterocycles. The van der Waals surface area contributed by atoms with Gasteiger partial charge in [0, 0.05) is 11.9 Å². The van der Waals surface area contributed by atoms with Gasteiger partial charge in [0.25, 0.3) is 0 Å². The molecule has 0 spiro atoms. The van der Waals surface area contributed by atoms with Crippen LogP contribution in [0.4, 0.5) is 19.0 Å². The summed E-state index contributed by atoms with van der Waals surface area (Å²) in [6.07, 6.45) is -2.96. The second-order valence-corrected chi connectivity index (χ2v) is 5.55. The van der Waals surface area contributed by atoms with Crippen LogP contribution in [0.25, 0.3) is 22.1 Å². The van der Waals surface area contributed by atoms with Crippen molar-refractivity contribution in [3.05, 3.63) is 66.0 Å². The number of rotatable bonds is 3. The molecule has 4 aromatic rings. The Bertz CT molecular complexity index is 1060. The molecule has 4 nitrogen and oxygen atoms in total. The summed E-state index contributed by atoms with van der Waals surface area (Å²) in [6, 6.07) is 12.6. The second-order valence-electron chi connectivity index (χ2n) is 5.55. The summed E-state index contributed by atoms with van der Waals surface area (Å²) in [5.41, 5.74) is 1.65. The lowest BCUT2D eigenvalue weighted by molar-refractivity contribution is -0.137. The van der Waals surface area contributed by atoms with E-state index in [1.807, 2.05) is 24.3 Å². The van der Waals surface area contributed by atoms with Gasteiger partial charge >= 0.3 is 6.18 Å².